The first-order valence-electron chi connectivity index (χ1n) is 7.13. The normalized spacial score (nSPS) is 17.0. The van der Waals surface area contributed by atoms with Gasteiger partial charge < -0.3 is 0 Å². The molecule has 112 valence electrons. The lowest BCUT2D eigenvalue weighted by molar-refractivity contribution is 0.303. The monoisotopic (exact) mass is 305 g/mol. The van der Waals surface area contributed by atoms with Gasteiger partial charge >= 0.3 is 0 Å². The van der Waals surface area contributed by atoms with Gasteiger partial charge in [0, 0.05) is 18.8 Å². The van der Waals surface area contributed by atoms with E-state index in [1.54, 1.807) is 4.31 Å². The maximum atomic E-state index is 12.8. The van der Waals surface area contributed by atoms with Crippen molar-refractivity contribution in [2.75, 3.05) is 0 Å². The van der Waals surface area contributed by atoms with Crippen LogP contribution in [0.15, 0.2) is 47.6 Å². The molecular weight excluding hydrogens is 286 g/mol. The Labute approximate surface area is 125 Å². The molecule has 1 fully saturated rings. The Kier molecular flexibility index (Phi) is 3.82. The Balaban J connectivity index is 1.92. The van der Waals surface area contributed by atoms with E-state index in [0.29, 0.717) is 12.5 Å². The summed E-state index contributed by atoms with van der Waals surface area (Å²) in [7, 11) is -3.52. The number of hydrogen-bond acceptors (Lipinski definition) is 3. The number of nitrogens with zero attached hydrogens (tertiary/aromatic N) is 2. The molecule has 3 rings (SSSR count). The van der Waals surface area contributed by atoms with Gasteiger partial charge in [-0.05, 0) is 31.2 Å². The SMILES string of the molecule is CC(C1CC1)N(Cc1ccccc1)S(=O)(=O)c1cn[nH]c1. The second-order valence-corrected chi connectivity index (χ2v) is 7.44. The first-order valence-corrected chi connectivity index (χ1v) is 8.57. The van der Waals surface area contributed by atoms with Gasteiger partial charge in [-0.1, -0.05) is 30.3 Å². The lowest BCUT2D eigenvalue weighted by Gasteiger charge is -2.28. The van der Waals surface area contributed by atoms with Gasteiger partial charge in [0.1, 0.15) is 4.90 Å². The standard InChI is InChI=1S/C15H19N3O2S/c1-12(14-7-8-14)18(11-13-5-3-2-4-6-13)21(19,20)15-9-16-17-10-15/h2-6,9-10,12,14H,7-8,11H2,1H3,(H,16,17). The average Bonchev–Trinajstić information content (AvgIpc) is 3.18. The van der Waals surface area contributed by atoms with Crippen LogP contribution in [0.2, 0.25) is 0 Å². The van der Waals surface area contributed by atoms with E-state index in [1.807, 2.05) is 37.3 Å². The fraction of sp³-hybridized carbons (Fsp3) is 0.400. The van der Waals surface area contributed by atoms with Gasteiger partial charge in [0.15, 0.2) is 0 Å². The molecule has 0 aliphatic heterocycles. The summed E-state index contributed by atoms with van der Waals surface area (Å²) in [6.07, 6.45) is 5.01. The maximum Gasteiger partial charge on any atom is 0.246 e. The Hall–Kier alpha value is -1.66. The summed E-state index contributed by atoms with van der Waals surface area (Å²) in [5.41, 5.74) is 0.997. The van der Waals surface area contributed by atoms with Crippen molar-refractivity contribution in [3.63, 3.8) is 0 Å². The predicted molar refractivity (Wildman–Crippen MR) is 79.9 cm³/mol. The Morgan fingerprint density at radius 3 is 2.62 bits per heavy atom. The summed E-state index contributed by atoms with van der Waals surface area (Å²) in [4.78, 5) is 0.228. The summed E-state index contributed by atoms with van der Waals surface area (Å²) < 4.78 is 27.3. The zero-order chi connectivity index (χ0) is 14.9. The van der Waals surface area contributed by atoms with E-state index in [2.05, 4.69) is 10.2 Å². The number of hydrogen-bond donors (Lipinski definition) is 1. The molecule has 0 radical (unpaired) electrons. The molecule has 1 aromatic carbocycles. The summed E-state index contributed by atoms with van der Waals surface area (Å²) in [5.74, 6) is 0.468. The number of rotatable bonds is 6. The first kappa shape index (κ1) is 14.3. The van der Waals surface area contributed by atoms with Gasteiger partial charge in [0.05, 0.1) is 6.20 Å². The van der Waals surface area contributed by atoms with Gasteiger partial charge in [-0.2, -0.15) is 9.40 Å². The molecule has 1 aliphatic rings. The van der Waals surface area contributed by atoms with Gasteiger partial charge in [-0.15, -0.1) is 0 Å². The fourth-order valence-electron chi connectivity index (χ4n) is 2.54. The molecule has 1 unspecified atom stereocenters. The third kappa shape index (κ3) is 3.01. The summed E-state index contributed by atoms with van der Waals surface area (Å²) in [5, 5.41) is 6.35. The lowest BCUT2D eigenvalue weighted by atomic mass is 10.2. The van der Waals surface area contributed by atoms with E-state index in [1.165, 1.54) is 12.4 Å². The molecule has 1 heterocycles. The second kappa shape index (κ2) is 5.61. The zero-order valence-corrected chi connectivity index (χ0v) is 12.8. The van der Waals surface area contributed by atoms with Crippen molar-refractivity contribution in [3.05, 3.63) is 48.3 Å². The van der Waals surface area contributed by atoms with Gasteiger partial charge in [-0.25, -0.2) is 8.42 Å². The van der Waals surface area contributed by atoms with Crippen LogP contribution in [0.1, 0.15) is 25.3 Å². The highest BCUT2D eigenvalue weighted by Gasteiger charge is 2.38. The van der Waals surface area contributed by atoms with Crippen LogP contribution in [0, 0.1) is 5.92 Å². The van der Waals surface area contributed by atoms with E-state index < -0.39 is 10.0 Å². The molecule has 1 saturated carbocycles. The van der Waals surface area contributed by atoms with Gasteiger partial charge in [0.2, 0.25) is 10.0 Å². The van der Waals surface area contributed by atoms with Gasteiger partial charge in [-0.3, -0.25) is 5.10 Å². The van der Waals surface area contributed by atoms with Crippen molar-refractivity contribution < 1.29 is 8.42 Å². The minimum Gasteiger partial charge on any atom is -0.284 e. The number of H-pyrrole nitrogens is 1. The number of nitrogens with one attached hydrogen (secondary N) is 1. The minimum atomic E-state index is -3.52. The Morgan fingerprint density at radius 1 is 1.33 bits per heavy atom. The van der Waals surface area contributed by atoms with Crippen molar-refractivity contribution in [2.24, 2.45) is 5.92 Å². The van der Waals surface area contributed by atoms with Crippen LogP contribution in [0.3, 0.4) is 0 Å². The highest BCUT2D eigenvalue weighted by molar-refractivity contribution is 7.89. The number of aromatic amines is 1. The van der Waals surface area contributed by atoms with E-state index in [0.717, 1.165) is 18.4 Å². The largest absolute Gasteiger partial charge is 0.284 e. The summed E-state index contributed by atoms with van der Waals surface area (Å²) in [6, 6.07) is 9.71. The number of benzene rings is 1. The molecule has 0 saturated heterocycles. The summed E-state index contributed by atoms with van der Waals surface area (Å²) in [6.45, 7) is 2.39. The molecule has 1 N–H and O–H groups in total. The fourth-order valence-corrected chi connectivity index (χ4v) is 4.13. The smallest absolute Gasteiger partial charge is 0.246 e. The molecule has 2 aromatic rings. The molecule has 0 spiro atoms. The molecule has 1 aromatic heterocycles. The lowest BCUT2D eigenvalue weighted by Crippen LogP contribution is -2.39. The molecular formula is C15H19N3O2S. The average molecular weight is 305 g/mol. The van der Waals surface area contributed by atoms with Crippen LogP contribution < -0.4 is 0 Å². The quantitative estimate of drug-likeness (QED) is 0.891. The Bertz CT molecular complexity index is 679. The highest BCUT2D eigenvalue weighted by atomic mass is 32.2. The zero-order valence-electron chi connectivity index (χ0n) is 11.9. The van der Waals surface area contributed by atoms with Crippen LogP contribution in [0.5, 0.6) is 0 Å². The Morgan fingerprint density at radius 2 is 2.05 bits per heavy atom. The molecule has 21 heavy (non-hydrogen) atoms. The number of sulfonamides is 1. The second-order valence-electron chi connectivity index (χ2n) is 5.55. The van der Waals surface area contributed by atoms with Crippen molar-refractivity contribution in [2.45, 2.75) is 37.2 Å². The van der Waals surface area contributed by atoms with Crippen molar-refractivity contribution in [1.82, 2.24) is 14.5 Å². The van der Waals surface area contributed by atoms with E-state index >= 15 is 0 Å². The third-order valence-corrected chi connectivity index (χ3v) is 5.92. The molecule has 6 heteroatoms. The van der Waals surface area contributed by atoms with E-state index in [4.69, 9.17) is 0 Å². The molecule has 1 atom stereocenters. The molecule has 0 amide bonds. The molecule has 5 nitrogen and oxygen atoms in total. The maximum absolute atomic E-state index is 12.8. The van der Waals surface area contributed by atoms with Gasteiger partial charge in [0.25, 0.3) is 0 Å². The van der Waals surface area contributed by atoms with Crippen LogP contribution in [0.4, 0.5) is 0 Å². The highest BCUT2D eigenvalue weighted by Crippen LogP contribution is 2.37. The minimum absolute atomic E-state index is 0.00473. The van der Waals surface area contributed by atoms with E-state index in [-0.39, 0.29) is 10.9 Å². The van der Waals surface area contributed by atoms with Crippen molar-refractivity contribution in [1.29, 1.82) is 0 Å². The summed E-state index contributed by atoms with van der Waals surface area (Å²) >= 11 is 0. The van der Waals surface area contributed by atoms with Crippen LogP contribution >= 0.6 is 0 Å². The van der Waals surface area contributed by atoms with Crippen LogP contribution in [-0.4, -0.2) is 29.0 Å². The molecule has 0 bridgehead atoms. The first-order chi connectivity index (χ1) is 10.1. The van der Waals surface area contributed by atoms with Crippen molar-refractivity contribution >= 4 is 10.0 Å². The third-order valence-electron chi connectivity index (χ3n) is 4.02. The number of aromatic nitrogens is 2. The molecule has 1 aliphatic carbocycles. The van der Waals surface area contributed by atoms with Crippen LogP contribution in [0.25, 0.3) is 0 Å². The van der Waals surface area contributed by atoms with E-state index in [9.17, 15) is 8.42 Å². The van der Waals surface area contributed by atoms with Crippen LogP contribution in [-0.2, 0) is 16.6 Å². The predicted octanol–water partition coefficient (Wildman–Crippen LogP) is 2.40. The van der Waals surface area contributed by atoms with Crippen molar-refractivity contribution in [3.8, 4) is 0 Å². The topological polar surface area (TPSA) is 66.1 Å².